The molecule has 0 aliphatic carbocycles. The van der Waals surface area contributed by atoms with Crippen molar-refractivity contribution < 1.29 is 9.32 Å². The third-order valence-corrected chi connectivity index (χ3v) is 4.23. The summed E-state index contributed by atoms with van der Waals surface area (Å²) in [5.41, 5.74) is 1.66. The minimum absolute atomic E-state index is 0.296. The Morgan fingerprint density at radius 3 is 1.88 bits per heavy atom. The van der Waals surface area contributed by atoms with E-state index in [2.05, 4.69) is 0 Å². The van der Waals surface area contributed by atoms with Gasteiger partial charge in [-0.3, -0.25) is 4.79 Å². The molecule has 122 valence electrons. The Kier molecular flexibility index (Phi) is 3.78. The van der Waals surface area contributed by atoms with Gasteiger partial charge in [0.25, 0.3) is 5.91 Å². The zero-order valence-electron chi connectivity index (χ0n) is 13.3. The van der Waals surface area contributed by atoms with Gasteiger partial charge >= 0.3 is 5.63 Å². The Balaban J connectivity index is 1.90. The number of nitrogens with zero attached hydrogens (tertiary/aromatic N) is 1. The van der Waals surface area contributed by atoms with Crippen LogP contribution in [0.25, 0.3) is 10.9 Å². The van der Waals surface area contributed by atoms with Crippen molar-refractivity contribution in [3.05, 3.63) is 106 Å². The maximum atomic E-state index is 13.3. The van der Waals surface area contributed by atoms with Gasteiger partial charge in [-0.15, -0.1) is 4.74 Å². The SMILES string of the molecule is O=C(C(c1ccccc1)c1ccccc1)n1oc(=O)c2ccccc21. The van der Waals surface area contributed by atoms with Crippen LogP contribution in [-0.4, -0.2) is 10.6 Å². The molecular weight excluding hydrogens is 314 g/mol. The monoisotopic (exact) mass is 329 g/mol. The molecule has 3 aromatic carbocycles. The maximum absolute atomic E-state index is 13.3. The zero-order valence-corrected chi connectivity index (χ0v) is 13.3. The highest BCUT2D eigenvalue weighted by Gasteiger charge is 2.27. The zero-order chi connectivity index (χ0) is 17.2. The standard InChI is InChI=1S/C21H15NO3/c23-20(22-18-14-8-7-13-17(18)21(24)25-22)19(15-9-3-1-4-10-15)16-11-5-2-6-12-16/h1-14,19H. The molecule has 25 heavy (non-hydrogen) atoms. The molecule has 4 heteroatoms. The minimum Gasteiger partial charge on any atom is -0.328 e. The lowest BCUT2D eigenvalue weighted by Gasteiger charge is -2.16. The van der Waals surface area contributed by atoms with Crippen LogP contribution in [0.4, 0.5) is 0 Å². The Morgan fingerprint density at radius 2 is 1.28 bits per heavy atom. The van der Waals surface area contributed by atoms with Crippen molar-refractivity contribution >= 4 is 16.8 Å². The van der Waals surface area contributed by atoms with E-state index in [0.717, 1.165) is 15.9 Å². The van der Waals surface area contributed by atoms with Crippen LogP contribution in [0.15, 0.2) is 94.2 Å². The third kappa shape index (κ3) is 2.68. The molecule has 4 aromatic rings. The average molecular weight is 329 g/mol. The molecular formula is C21H15NO3. The van der Waals surface area contributed by atoms with Crippen molar-refractivity contribution in [2.75, 3.05) is 0 Å². The minimum atomic E-state index is -0.554. The van der Waals surface area contributed by atoms with Gasteiger partial charge in [0.15, 0.2) is 0 Å². The van der Waals surface area contributed by atoms with Crippen LogP contribution in [0.3, 0.4) is 0 Å². The summed E-state index contributed by atoms with van der Waals surface area (Å²) in [6.45, 7) is 0. The van der Waals surface area contributed by atoms with E-state index in [4.69, 9.17) is 4.52 Å². The molecule has 0 atom stereocenters. The lowest BCUT2D eigenvalue weighted by Crippen LogP contribution is -2.21. The number of fused-ring (bicyclic) bond motifs is 1. The Bertz CT molecular complexity index is 1040. The van der Waals surface area contributed by atoms with Crippen LogP contribution < -0.4 is 5.63 Å². The molecule has 0 N–H and O–H groups in total. The summed E-state index contributed by atoms with van der Waals surface area (Å²) in [5, 5.41) is 0.399. The largest absolute Gasteiger partial charge is 0.366 e. The molecule has 0 saturated carbocycles. The summed E-state index contributed by atoms with van der Waals surface area (Å²) in [7, 11) is 0. The first kappa shape index (κ1) is 15.1. The maximum Gasteiger partial charge on any atom is 0.366 e. The van der Waals surface area contributed by atoms with Crippen molar-refractivity contribution in [2.45, 2.75) is 5.92 Å². The fourth-order valence-electron chi connectivity index (χ4n) is 3.05. The van der Waals surface area contributed by atoms with Crippen LogP contribution in [0, 0.1) is 0 Å². The lowest BCUT2D eigenvalue weighted by molar-refractivity contribution is 0.0777. The predicted octanol–water partition coefficient (Wildman–Crippen LogP) is 4.07. The number of hydrogen-bond acceptors (Lipinski definition) is 3. The first-order valence-electron chi connectivity index (χ1n) is 8.01. The van der Waals surface area contributed by atoms with Crippen molar-refractivity contribution in [3.63, 3.8) is 0 Å². The fraction of sp³-hybridized carbons (Fsp3) is 0.0476. The topological polar surface area (TPSA) is 52.2 Å². The summed E-state index contributed by atoms with van der Waals surface area (Å²) in [4.78, 5) is 25.4. The van der Waals surface area contributed by atoms with Gasteiger partial charge in [0.1, 0.15) is 0 Å². The lowest BCUT2D eigenvalue weighted by atomic mass is 9.90. The highest BCUT2D eigenvalue weighted by atomic mass is 16.5. The van der Waals surface area contributed by atoms with E-state index in [1.807, 2.05) is 60.7 Å². The molecule has 0 aliphatic rings. The van der Waals surface area contributed by atoms with Crippen molar-refractivity contribution in [2.24, 2.45) is 0 Å². The Morgan fingerprint density at radius 1 is 0.760 bits per heavy atom. The number of carbonyl (C=O) groups is 1. The second kappa shape index (κ2) is 6.24. The summed E-state index contributed by atoms with van der Waals surface area (Å²) < 4.78 is 6.38. The van der Waals surface area contributed by atoms with E-state index in [0.29, 0.717) is 10.9 Å². The van der Waals surface area contributed by atoms with Gasteiger partial charge in [-0.25, -0.2) is 4.79 Å². The number of rotatable bonds is 3. The number of carbonyl (C=O) groups excluding carboxylic acids is 1. The molecule has 1 aromatic heterocycles. The second-order valence-corrected chi connectivity index (χ2v) is 5.78. The van der Waals surface area contributed by atoms with Crippen LogP contribution >= 0.6 is 0 Å². The number of hydrogen-bond donors (Lipinski definition) is 0. The molecule has 1 heterocycles. The van der Waals surface area contributed by atoms with Crippen molar-refractivity contribution in [3.8, 4) is 0 Å². The summed E-state index contributed by atoms with van der Waals surface area (Å²) in [6, 6.07) is 25.9. The van der Waals surface area contributed by atoms with Crippen molar-refractivity contribution in [1.82, 2.24) is 4.74 Å². The van der Waals surface area contributed by atoms with Gasteiger partial charge in [-0.1, -0.05) is 72.8 Å². The molecule has 4 rings (SSSR count). The van der Waals surface area contributed by atoms with E-state index in [9.17, 15) is 9.59 Å². The number of benzene rings is 3. The van der Waals surface area contributed by atoms with Crippen LogP contribution in [0.2, 0.25) is 0 Å². The second-order valence-electron chi connectivity index (χ2n) is 5.78. The Labute approximate surface area is 143 Å². The van der Waals surface area contributed by atoms with Gasteiger partial charge in [-0.05, 0) is 23.3 Å². The highest BCUT2D eigenvalue weighted by molar-refractivity contribution is 5.95. The van der Waals surface area contributed by atoms with E-state index in [1.54, 1.807) is 24.3 Å². The van der Waals surface area contributed by atoms with Gasteiger partial charge in [-0.2, -0.15) is 0 Å². The molecule has 0 saturated heterocycles. The fourth-order valence-corrected chi connectivity index (χ4v) is 3.05. The van der Waals surface area contributed by atoms with E-state index >= 15 is 0 Å². The van der Waals surface area contributed by atoms with Gasteiger partial charge in [0.05, 0.1) is 16.8 Å². The smallest absolute Gasteiger partial charge is 0.328 e. The molecule has 4 nitrogen and oxygen atoms in total. The van der Waals surface area contributed by atoms with E-state index in [-0.39, 0.29) is 5.91 Å². The third-order valence-electron chi connectivity index (χ3n) is 4.23. The number of aromatic nitrogens is 1. The van der Waals surface area contributed by atoms with Crippen LogP contribution in [0.5, 0.6) is 0 Å². The first-order chi connectivity index (χ1) is 12.3. The molecule has 0 amide bonds. The van der Waals surface area contributed by atoms with Crippen LogP contribution in [0.1, 0.15) is 21.8 Å². The van der Waals surface area contributed by atoms with Gasteiger partial charge in [0, 0.05) is 0 Å². The molecule has 0 radical (unpaired) electrons. The summed E-state index contributed by atoms with van der Waals surface area (Å²) in [5.74, 6) is -0.850. The van der Waals surface area contributed by atoms with Gasteiger partial charge in [0.2, 0.25) is 0 Å². The van der Waals surface area contributed by atoms with Crippen molar-refractivity contribution in [1.29, 1.82) is 0 Å². The molecule has 0 unspecified atom stereocenters. The van der Waals surface area contributed by atoms with Gasteiger partial charge < -0.3 is 4.52 Å². The van der Waals surface area contributed by atoms with Crippen LogP contribution in [-0.2, 0) is 0 Å². The highest BCUT2D eigenvalue weighted by Crippen LogP contribution is 2.27. The average Bonchev–Trinajstić information content (AvgIpc) is 3.01. The molecule has 0 spiro atoms. The first-order valence-corrected chi connectivity index (χ1v) is 8.01. The quantitative estimate of drug-likeness (QED) is 0.569. The van der Waals surface area contributed by atoms with E-state index < -0.39 is 11.5 Å². The molecule has 0 bridgehead atoms. The summed E-state index contributed by atoms with van der Waals surface area (Å²) in [6.07, 6.45) is 0. The molecule has 0 fully saturated rings. The molecule has 0 aliphatic heterocycles. The Hall–Kier alpha value is -3.40. The normalized spacial score (nSPS) is 11.1. The van der Waals surface area contributed by atoms with E-state index in [1.165, 1.54) is 0 Å². The summed E-state index contributed by atoms with van der Waals surface area (Å²) >= 11 is 0. The number of para-hydroxylation sites is 1. The predicted molar refractivity (Wildman–Crippen MR) is 95.8 cm³/mol.